The molecule has 0 aliphatic rings. The van der Waals surface area contributed by atoms with E-state index in [9.17, 15) is 20.0 Å². The molecular weight excluding hydrogens is 284 g/mol. The Kier molecular flexibility index (Phi) is 3.91. The molecule has 0 spiro atoms. The predicted octanol–water partition coefficient (Wildman–Crippen LogP) is 1.47. The van der Waals surface area contributed by atoms with Gasteiger partial charge in [0.2, 0.25) is 0 Å². The minimum Gasteiger partial charge on any atom is -0.506 e. The van der Waals surface area contributed by atoms with Gasteiger partial charge in [-0.2, -0.15) is 0 Å². The molecular formula is C11H10N4O4S. The van der Waals surface area contributed by atoms with E-state index in [0.717, 1.165) is 18.2 Å². The lowest BCUT2D eigenvalue weighted by Gasteiger charge is -2.05. The Balaban J connectivity index is 2.22. The number of amides is 1. The summed E-state index contributed by atoms with van der Waals surface area (Å²) in [7, 11) is 0. The van der Waals surface area contributed by atoms with Crippen LogP contribution < -0.4 is 11.1 Å². The minimum atomic E-state index is -0.621. The van der Waals surface area contributed by atoms with Crippen LogP contribution in [0.2, 0.25) is 0 Å². The van der Waals surface area contributed by atoms with Crippen molar-refractivity contribution in [2.45, 2.75) is 6.54 Å². The van der Waals surface area contributed by atoms with Crippen LogP contribution >= 0.6 is 11.3 Å². The van der Waals surface area contributed by atoms with Crippen molar-refractivity contribution in [1.82, 2.24) is 4.98 Å². The highest BCUT2D eigenvalue weighted by Gasteiger charge is 2.15. The molecule has 104 valence electrons. The first-order chi connectivity index (χ1) is 9.51. The molecule has 0 saturated carbocycles. The van der Waals surface area contributed by atoms with Gasteiger partial charge in [0.05, 0.1) is 10.6 Å². The number of hydrogen-bond donors (Lipinski definition) is 3. The molecule has 0 aliphatic carbocycles. The molecule has 2 rings (SSSR count). The average Bonchev–Trinajstić information content (AvgIpc) is 2.89. The molecule has 2 aromatic rings. The van der Waals surface area contributed by atoms with Crippen molar-refractivity contribution in [2.24, 2.45) is 5.73 Å². The number of aromatic hydroxyl groups is 1. The molecule has 0 fully saturated rings. The number of hydrogen-bond acceptors (Lipinski definition) is 7. The summed E-state index contributed by atoms with van der Waals surface area (Å²) in [5.41, 5.74) is 5.25. The molecule has 1 aromatic carbocycles. The zero-order chi connectivity index (χ0) is 14.7. The smallest absolute Gasteiger partial charge is 0.275 e. The molecule has 8 nitrogen and oxygen atoms in total. The van der Waals surface area contributed by atoms with Crippen molar-refractivity contribution in [3.8, 4) is 5.75 Å². The Morgan fingerprint density at radius 1 is 1.55 bits per heavy atom. The number of nitrogens with zero attached hydrogens (tertiary/aromatic N) is 2. The number of nitro groups is 1. The van der Waals surface area contributed by atoms with E-state index in [1.807, 2.05) is 0 Å². The monoisotopic (exact) mass is 294 g/mol. The van der Waals surface area contributed by atoms with Crippen LogP contribution in [0.1, 0.15) is 15.5 Å². The second kappa shape index (κ2) is 5.63. The number of rotatable bonds is 4. The molecule has 20 heavy (non-hydrogen) atoms. The third kappa shape index (κ3) is 2.90. The van der Waals surface area contributed by atoms with E-state index < -0.39 is 10.8 Å². The van der Waals surface area contributed by atoms with Crippen molar-refractivity contribution in [3.63, 3.8) is 0 Å². The first kappa shape index (κ1) is 13.9. The normalized spacial score (nSPS) is 10.2. The molecule has 0 bridgehead atoms. The number of benzene rings is 1. The Labute approximate surface area is 117 Å². The van der Waals surface area contributed by atoms with Crippen LogP contribution in [-0.2, 0) is 6.54 Å². The number of phenolic OH excluding ortho intramolecular Hbond substituents is 1. The summed E-state index contributed by atoms with van der Waals surface area (Å²) in [6.07, 6.45) is 0. The molecule has 1 heterocycles. The van der Waals surface area contributed by atoms with Crippen molar-refractivity contribution in [3.05, 3.63) is 44.4 Å². The number of nitrogens with two attached hydrogens (primary N) is 1. The first-order valence-corrected chi connectivity index (χ1v) is 6.32. The lowest BCUT2D eigenvalue weighted by molar-refractivity contribution is -0.384. The Morgan fingerprint density at radius 3 is 2.90 bits per heavy atom. The highest BCUT2D eigenvalue weighted by molar-refractivity contribution is 7.09. The van der Waals surface area contributed by atoms with Crippen molar-refractivity contribution < 1.29 is 14.8 Å². The Morgan fingerprint density at radius 2 is 2.30 bits per heavy atom. The predicted molar refractivity (Wildman–Crippen MR) is 72.7 cm³/mol. The van der Waals surface area contributed by atoms with Crippen LogP contribution in [0, 0.1) is 10.1 Å². The molecule has 1 aromatic heterocycles. The van der Waals surface area contributed by atoms with Crippen LogP contribution in [0.5, 0.6) is 5.75 Å². The van der Waals surface area contributed by atoms with Gasteiger partial charge in [-0.1, -0.05) is 0 Å². The number of aromatic nitrogens is 1. The summed E-state index contributed by atoms with van der Waals surface area (Å²) in [6.45, 7) is 0.222. The quantitative estimate of drug-likeness (QED) is 0.444. The maximum atomic E-state index is 11.9. The number of non-ortho nitro benzene ring substituents is 1. The highest BCUT2D eigenvalue weighted by atomic mass is 32.1. The van der Waals surface area contributed by atoms with Gasteiger partial charge < -0.3 is 16.2 Å². The van der Waals surface area contributed by atoms with Crippen LogP contribution in [0.3, 0.4) is 0 Å². The highest BCUT2D eigenvalue weighted by Crippen LogP contribution is 2.28. The molecule has 0 radical (unpaired) electrons. The van der Waals surface area contributed by atoms with Gasteiger partial charge in [0.25, 0.3) is 11.6 Å². The number of carbonyl (C=O) groups excluding carboxylic acids is 1. The molecule has 4 N–H and O–H groups in total. The third-order valence-corrected chi connectivity index (χ3v) is 3.27. The van der Waals surface area contributed by atoms with Crippen molar-refractivity contribution in [1.29, 1.82) is 0 Å². The van der Waals surface area contributed by atoms with Crippen LogP contribution in [0.4, 0.5) is 11.4 Å². The molecule has 0 unspecified atom stereocenters. The molecule has 9 heteroatoms. The third-order valence-electron chi connectivity index (χ3n) is 2.40. The second-order valence-corrected chi connectivity index (χ2v) is 4.69. The van der Waals surface area contributed by atoms with Gasteiger partial charge in [0, 0.05) is 24.1 Å². The number of phenols is 1. The summed E-state index contributed by atoms with van der Waals surface area (Å²) in [6, 6.07) is 3.35. The number of nitrogens with one attached hydrogen (secondary N) is 1. The van der Waals surface area contributed by atoms with E-state index in [1.54, 1.807) is 0 Å². The van der Waals surface area contributed by atoms with E-state index in [2.05, 4.69) is 10.3 Å². The zero-order valence-electron chi connectivity index (χ0n) is 10.1. The van der Waals surface area contributed by atoms with E-state index >= 15 is 0 Å². The van der Waals surface area contributed by atoms with Gasteiger partial charge in [0.1, 0.15) is 16.5 Å². The van der Waals surface area contributed by atoms with Gasteiger partial charge in [0.15, 0.2) is 0 Å². The lowest BCUT2D eigenvalue weighted by atomic mass is 10.2. The van der Waals surface area contributed by atoms with Crippen molar-refractivity contribution >= 4 is 28.6 Å². The van der Waals surface area contributed by atoms with Gasteiger partial charge in [-0.05, 0) is 6.07 Å². The van der Waals surface area contributed by atoms with Crippen LogP contribution in [0.25, 0.3) is 0 Å². The summed E-state index contributed by atoms with van der Waals surface area (Å²) < 4.78 is 0. The van der Waals surface area contributed by atoms with Crippen molar-refractivity contribution in [2.75, 3.05) is 5.32 Å². The average molecular weight is 294 g/mol. The van der Waals surface area contributed by atoms with E-state index in [-0.39, 0.29) is 29.4 Å². The number of anilines is 1. The van der Waals surface area contributed by atoms with E-state index in [0.29, 0.717) is 5.01 Å². The fourth-order valence-electron chi connectivity index (χ4n) is 1.43. The maximum absolute atomic E-state index is 11.9. The largest absolute Gasteiger partial charge is 0.506 e. The first-order valence-electron chi connectivity index (χ1n) is 5.44. The lowest BCUT2D eigenvalue weighted by Crippen LogP contribution is -2.13. The summed E-state index contributed by atoms with van der Waals surface area (Å²) >= 11 is 1.23. The van der Waals surface area contributed by atoms with Gasteiger partial charge in [-0.3, -0.25) is 14.9 Å². The minimum absolute atomic E-state index is 0.0495. The van der Waals surface area contributed by atoms with Crippen LogP contribution in [0.15, 0.2) is 23.6 Å². The Bertz CT molecular complexity index is 670. The molecule has 1 amide bonds. The van der Waals surface area contributed by atoms with Crippen LogP contribution in [-0.4, -0.2) is 20.9 Å². The molecule has 0 saturated heterocycles. The summed E-state index contributed by atoms with van der Waals surface area (Å²) in [5.74, 6) is -0.838. The number of nitro benzene ring substituents is 1. The fourth-order valence-corrected chi connectivity index (χ4v) is 2.09. The standard InChI is InChI=1S/C11H10N4O4S/c12-4-10-13-8(5-20-10)11(17)14-7-3-6(15(18)19)1-2-9(7)16/h1-3,5,16H,4,12H2,(H,14,17). The summed E-state index contributed by atoms with van der Waals surface area (Å²) in [5, 5.41) is 24.7. The summed E-state index contributed by atoms with van der Waals surface area (Å²) in [4.78, 5) is 25.9. The molecule has 0 aliphatic heterocycles. The van der Waals surface area contributed by atoms with Gasteiger partial charge >= 0.3 is 0 Å². The zero-order valence-corrected chi connectivity index (χ0v) is 10.9. The maximum Gasteiger partial charge on any atom is 0.275 e. The SMILES string of the molecule is NCc1nc(C(=O)Nc2cc([N+](=O)[O-])ccc2O)cs1. The number of carbonyl (C=O) groups is 1. The number of thiazole rings is 1. The Hall–Kier alpha value is -2.52. The van der Waals surface area contributed by atoms with Gasteiger partial charge in [-0.25, -0.2) is 4.98 Å². The molecule has 0 atom stereocenters. The fraction of sp³-hybridized carbons (Fsp3) is 0.0909. The second-order valence-electron chi connectivity index (χ2n) is 3.74. The van der Waals surface area contributed by atoms with E-state index in [1.165, 1.54) is 16.7 Å². The van der Waals surface area contributed by atoms with Gasteiger partial charge in [-0.15, -0.1) is 11.3 Å². The van der Waals surface area contributed by atoms with E-state index in [4.69, 9.17) is 5.73 Å². The topological polar surface area (TPSA) is 131 Å².